The van der Waals surface area contributed by atoms with E-state index >= 15 is 0 Å². The number of nitrogens with one attached hydrogen (secondary N) is 3. The number of rotatable bonds is 3. The average molecular weight is 301 g/mol. The number of hydrazine groups is 1. The monoisotopic (exact) mass is 301 g/mol. The Hall–Kier alpha value is -2.60. The zero-order chi connectivity index (χ0) is 15.2. The second-order valence-electron chi connectivity index (χ2n) is 4.32. The van der Waals surface area contributed by atoms with Crippen LogP contribution >= 0.6 is 12.2 Å². The minimum atomic E-state index is -0.396. The van der Waals surface area contributed by atoms with Crippen molar-refractivity contribution in [2.75, 3.05) is 11.1 Å². The van der Waals surface area contributed by atoms with E-state index in [1.807, 2.05) is 18.1 Å². The molecule has 1 aliphatic carbocycles. The number of thiocarbonyl (C=S) groups is 1. The summed E-state index contributed by atoms with van der Waals surface area (Å²) in [5.74, 6) is 7.23. The molecule has 0 amide bonds. The Balaban J connectivity index is 2.03. The molecule has 21 heavy (non-hydrogen) atoms. The summed E-state index contributed by atoms with van der Waals surface area (Å²) in [5, 5.41) is 6.40. The molecular formula is C14H15N5OS. The lowest BCUT2D eigenvalue weighted by Crippen LogP contribution is -2.41. The van der Waals surface area contributed by atoms with Gasteiger partial charge in [0.15, 0.2) is 5.11 Å². The van der Waals surface area contributed by atoms with Crippen LogP contribution in [0.25, 0.3) is 0 Å². The normalized spacial score (nSPS) is 16.7. The molecule has 2 rings (SSSR count). The molecule has 0 heterocycles. The molecule has 0 bridgehead atoms. The fourth-order valence-corrected chi connectivity index (χ4v) is 2.10. The maximum absolute atomic E-state index is 11.1. The Morgan fingerprint density at radius 1 is 1.29 bits per heavy atom. The highest BCUT2D eigenvalue weighted by molar-refractivity contribution is 7.80. The highest BCUT2D eigenvalue weighted by Gasteiger charge is 2.19. The Bertz CT molecular complexity index is 644. The summed E-state index contributed by atoms with van der Waals surface area (Å²) in [6, 6.07) is 6.75. The third-order valence-electron chi connectivity index (χ3n) is 2.89. The number of allylic oxidation sites excluding steroid dienone is 2. The van der Waals surface area contributed by atoms with Gasteiger partial charge in [0, 0.05) is 11.4 Å². The lowest BCUT2D eigenvalue weighted by molar-refractivity contribution is 0.564. The molecule has 0 fully saturated rings. The van der Waals surface area contributed by atoms with Gasteiger partial charge in [-0.05, 0) is 42.6 Å². The minimum absolute atomic E-state index is 0.362. The van der Waals surface area contributed by atoms with Crippen molar-refractivity contribution in [2.45, 2.75) is 6.04 Å². The molecule has 7 heteroatoms. The van der Waals surface area contributed by atoms with Gasteiger partial charge in [-0.1, -0.05) is 12.2 Å². The molecule has 1 unspecified atom stereocenters. The van der Waals surface area contributed by atoms with E-state index in [2.05, 4.69) is 16.1 Å². The minimum Gasteiger partial charge on any atom is -0.399 e. The van der Waals surface area contributed by atoms with Crippen molar-refractivity contribution in [1.29, 1.82) is 0 Å². The van der Waals surface area contributed by atoms with Crippen molar-refractivity contribution in [2.24, 2.45) is 5.84 Å². The van der Waals surface area contributed by atoms with E-state index in [1.54, 1.807) is 30.4 Å². The van der Waals surface area contributed by atoms with Gasteiger partial charge in [-0.25, -0.2) is 4.79 Å². The van der Waals surface area contributed by atoms with Crippen LogP contribution in [-0.2, 0) is 4.79 Å². The van der Waals surface area contributed by atoms with Crippen LogP contribution in [0.1, 0.15) is 0 Å². The highest BCUT2D eigenvalue weighted by atomic mass is 32.1. The molecule has 1 aliphatic rings. The van der Waals surface area contributed by atoms with Crippen LogP contribution in [0.3, 0.4) is 0 Å². The standard InChI is InChI=1S/C14H15N5OS/c15-9-4-6-10(7-5-9)17-14(21)18-12-2-1-3-13(19-16)11(12)8-20/h1-7,12,19H,15-16H2,(H2,17,18,21). The number of hydrogen-bond donors (Lipinski definition) is 5. The molecule has 0 aromatic heterocycles. The van der Waals surface area contributed by atoms with Crippen LogP contribution in [0.2, 0.25) is 0 Å². The number of carbonyl (C=O) groups excluding carboxylic acids is 1. The van der Waals surface area contributed by atoms with E-state index in [-0.39, 0.29) is 0 Å². The van der Waals surface area contributed by atoms with Crippen LogP contribution < -0.4 is 27.6 Å². The van der Waals surface area contributed by atoms with Crippen LogP contribution in [0.15, 0.2) is 53.8 Å². The quantitative estimate of drug-likeness (QED) is 0.183. The van der Waals surface area contributed by atoms with Crippen LogP contribution in [-0.4, -0.2) is 17.1 Å². The molecule has 0 saturated carbocycles. The second-order valence-corrected chi connectivity index (χ2v) is 4.73. The molecule has 1 aromatic carbocycles. The van der Waals surface area contributed by atoms with Crippen molar-refractivity contribution in [3.8, 4) is 0 Å². The first-order valence-electron chi connectivity index (χ1n) is 6.17. The second kappa shape index (κ2) is 6.71. The van der Waals surface area contributed by atoms with Gasteiger partial charge < -0.3 is 21.8 Å². The van der Waals surface area contributed by atoms with E-state index in [0.29, 0.717) is 22.1 Å². The summed E-state index contributed by atoms with van der Waals surface area (Å²) in [7, 11) is 0. The Morgan fingerprint density at radius 2 is 2.00 bits per heavy atom. The first-order chi connectivity index (χ1) is 10.1. The summed E-state index contributed by atoms with van der Waals surface area (Å²) < 4.78 is 0. The van der Waals surface area contributed by atoms with Gasteiger partial charge in [0.2, 0.25) is 0 Å². The third-order valence-corrected chi connectivity index (χ3v) is 3.11. The lowest BCUT2D eigenvalue weighted by atomic mass is 10.0. The molecule has 1 atom stereocenters. The zero-order valence-electron chi connectivity index (χ0n) is 11.1. The molecule has 0 aliphatic heterocycles. The van der Waals surface area contributed by atoms with Gasteiger partial charge in [-0.2, -0.15) is 0 Å². The molecule has 1 aromatic rings. The molecule has 0 saturated heterocycles. The van der Waals surface area contributed by atoms with Crippen LogP contribution in [0.4, 0.5) is 11.4 Å². The van der Waals surface area contributed by atoms with Crippen molar-refractivity contribution in [1.82, 2.24) is 10.7 Å². The van der Waals surface area contributed by atoms with E-state index in [4.69, 9.17) is 23.8 Å². The van der Waals surface area contributed by atoms with E-state index in [1.165, 1.54) is 0 Å². The maximum Gasteiger partial charge on any atom is 0.171 e. The topological polar surface area (TPSA) is 105 Å². The first kappa shape index (κ1) is 14.8. The molecule has 108 valence electrons. The third kappa shape index (κ3) is 3.70. The average Bonchev–Trinajstić information content (AvgIpc) is 2.49. The van der Waals surface area contributed by atoms with Crippen molar-refractivity contribution >= 4 is 34.6 Å². The summed E-state index contributed by atoms with van der Waals surface area (Å²) in [5.41, 5.74) is 10.4. The fraction of sp³-hybridized carbons (Fsp3) is 0.0714. The molecule has 7 N–H and O–H groups in total. The first-order valence-corrected chi connectivity index (χ1v) is 6.58. The van der Waals surface area contributed by atoms with Crippen molar-refractivity contribution in [3.63, 3.8) is 0 Å². The Labute approximate surface area is 127 Å². The number of anilines is 2. The van der Waals surface area contributed by atoms with Gasteiger partial charge in [0.1, 0.15) is 5.94 Å². The van der Waals surface area contributed by atoms with Gasteiger partial charge in [0.05, 0.1) is 17.3 Å². The van der Waals surface area contributed by atoms with Gasteiger partial charge in [0.25, 0.3) is 0 Å². The molecule has 0 radical (unpaired) electrons. The largest absolute Gasteiger partial charge is 0.399 e. The Kier molecular flexibility index (Phi) is 4.73. The van der Waals surface area contributed by atoms with E-state index < -0.39 is 6.04 Å². The van der Waals surface area contributed by atoms with Crippen molar-refractivity contribution in [3.05, 3.63) is 53.8 Å². The zero-order valence-corrected chi connectivity index (χ0v) is 11.9. The number of benzene rings is 1. The van der Waals surface area contributed by atoms with Gasteiger partial charge >= 0.3 is 0 Å². The smallest absolute Gasteiger partial charge is 0.171 e. The fourth-order valence-electron chi connectivity index (χ4n) is 1.86. The van der Waals surface area contributed by atoms with Crippen LogP contribution in [0.5, 0.6) is 0 Å². The molecule has 0 spiro atoms. The van der Waals surface area contributed by atoms with E-state index in [0.717, 1.165) is 5.69 Å². The number of hydrogen-bond acceptors (Lipinski definition) is 5. The van der Waals surface area contributed by atoms with Crippen molar-refractivity contribution < 1.29 is 4.79 Å². The summed E-state index contributed by atoms with van der Waals surface area (Å²) in [6.45, 7) is 0. The summed E-state index contributed by atoms with van der Waals surface area (Å²) in [6.07, 6.45) is 5.26. The number of nitrogen functional groups attached to an aromatic ring is 1. The highest BCUT2D eigenvalue weighted by Crippen LogP contribution is 2.15. The SMILES string of the molecule is NNC1=CC=CC(NC(=S)Nc2ccc(N)cc2)C1=C=O. The Morgan fingerprint density at radius 3 is 2.62 bits per heavy atom. The lowest BCUT2D eigenvalue weighted by Gasteiger charge is -2.22. The van der Waals surface area contributed by atoms with Crippen LogP contribution in [0, 0.1) is 0 Å². The summed E-state index contributed by atoms with van der Waals surface area (Å²) >= 11 is 5.22. The van der Waals surface area contributed by atoms with Gasteiger partial charge in [-0.3, -0.25) is 5.84 Å². The maximum atomic E-state index is 11.1. The molecule has 6 nitrogen and oxygen atoms in total. The van der Waals surface area contributed by atoms with E-state index in [9.17, 15) is 4.79 Å². The van der Waals surface area contributed by atoms with Gasteiger partial charge in [-0.15, -0.1) is 0 Å². The predicted octanol–water partition coefficient (Wildman–Crippen LogP) is 0.599. The summed E-state index contributed by atoms with van der Waals surface area (Å²) in [4.78, 5) is 11.1. The molecular weight excluding hydrogens is 286 g/mol. The predicted molar refractivity (Wildman–Crippen MR) is 87.8 cm³/mol. The number of nitrogens with two attached hydrogens (primary N) is 2.